The minimum Gasteiger partial charge on any atom is -0.379 e. The van der Waals surface area contributed by atoms with Gasteiger partial charge in [0.25, 0.3) is 0 Å². The van der Waals surface area contributed by atoms with Crippen molar-refractivity contribution >= 4 is 0 Å². The lowest BCUT2D eigenvalue weighted by Crippen LogP contribution is -2.35. The van der Waals surface area contributed by atoms with Gasteiger partial charge in [0.2, 0.25) is 0 Å². The zero-order valence-corrected chi connectivity index (χ0v) is 11.2. The predicted octanol–water partition coefficient (Wildman–Crippen LogP) is 1.61. The number of aromatic nitrogens is 2. The summed E-state index contributed by atoms with van der Waals surface area (Å²) in [7, 11) is 1.72. The molecule has 1 aromatic heterocycles. The van der Waals surface area contributed by atoms with Crippen LogP contribution in [0, 0.1) is 0 Å². The van der Waals surface area contributed by atoms with Crippen molar-refractivity contribution in [2.75, 3.05) is 7.11 Å². The molecule has 1 aromatic rings. The Labute approximate surface area is 103 Å². The number of hydrogen-bond donors (Lipinski definition) is 2. The van der Waals surface area contributed by atoms with E-state index in [0.29, 0.717) is 0 Å². The summed E-state index contributed by atoms with van der Waals surface area (Å²) >= 11 is 0. The first-order chi connectivity index (χ1) is 8.02. The molecule has 0 fully saturated rings. The van der Waals surface area contributed by atoms with Gasteiger partial charge < -0.3 is 4.74 Å². The third-order valence-corrected chi connectivity index (χ3v) is 2.96. The second-order valence-electron chi connectivity index (χ2n) is 4.92. The molecule has 5 heteroatoms. The first-order valence-electron chi connectivity index (χ1n) is 6.06. The average Bonchev–Trinajstić information content (AvgIpc) is 2.75. The fourth-order valence-corrected chi connectivity index (χ4v) is 1.76. The summed E-state index contributed by atoms with van der Waals surface area (Å²) in [5, 5.41) is 4.31. The molecule has 0 aliphatic heterocycles. The van der Waals surface area contributed by atoms with Gasteiger partial charge in [-0.15, -0.1) is 0 Å². The maximum absolute atomic E-state index is 5.61. The second kappa shape index (κ2) is 6.14. The lowest BCUT2D eigenvalue weighted by molar-refractivity contribution is 0.00680. The van der Waals surface area contributed by atoms with E-state index >= 15 is 0 Å². The summed E-state index contributed by atoms with van der Waals surface area (Å²) in [6.07, 6.45) is 5.79. The number of hydrazine groups is 1. The van der Waals surface area contributed by atoms with Crippen LogP contribution in [-0.2, 0) is 11.3 Å². The molecule has 1 rings (SSSR count). The zero-order valence-electron chi connectivity index (χ0n) is 11.2. The van der Waals surface area contributed by atoms with Crippen LogP contribution < -0.4 is 11.3 Å². The summed E-state index contributed by atoms with van der Waals surface area (Å²) in [6.45, 7) is 7.17. The highest BCUT2D eigenvalue weighted by molar-refractivity contribution is 5.11. The molecule has 17 heavy (non-hydrogen) atoms. The van der Waals surface area contributed by atoms with E-state index < -0.39 is 0 Å². The van der Waals surface area contributed by atoms with Crippen LogP contribution in [0.4, 0.5) is 0 Å². The molecule has 1 unspecified atom stereocenters. The molecular formula is C12H24N4O. The summed E-state index contributed by atoms with van der Waals surface area (Å²) in [5.41, 5.74) is 3.73. The molecule has 0 bridgehead atoms. The van der Waals surface area contributed by atoms with E-state index in [1.165, 1.54) is 0 Å². The highest BCUT2D eigenvalue weighted by Gasteiger charge is 2.24. The Balaban J connectivity index is 2.72. The van der Waals surface area contributed by atoms with Gasteiger partial charge in [-0.2, -0.15) is 5.10 Å². The zero-order chi connectivity index (χ0) is 12.9. The lowest BCUT2D eigenvalue weighted by Gasteiger charge is -2.27. The first-order valence-corrected chi connectivity index (χ1v) is 6.06. The number of methoxy groups -OCH3 is 1. The second-order valence-corrected chi connectivity index (χ2v) is 4.92. The SMILES string of the molecule is CCCn1cc(C(CC(C)(C)OC)NN)cn1. The molecule has 1 atom stereocenters. The Bertz CT molecular complexity index is 335. The molecule has 0 aliphatic rings. The number of nitrogens with one attached hydrogen (secondary N) is 1. The summed E-state index contributed by atoms with van der Waals surface area (Å²) in [6, 6.07) is 0.0653. The van der Waals surface area contributed by atoms with Gasteiger partial charge in [-0.3, -0.25) is 16.0 Å². The van der Waals surface area contributed by atoms with E-state index in [1.807, 2.05) is 30.9 Å². The van der Waals surface area contributed by atoms with Crippen LogP contribution in [-0.4, -0.2) is 22.5 Å². The number of hydrogen-bond acceptors (Lipinski definition) is 4. The molecule has 1 heterocycles. The van der Waals surface area contributed by atoms with Crippen LogP contribution in [0.3, 0.4) is 0 Å². The van der Waals surface area contributed by atoms with Crippen LogP contribution >= 0.6 is 0 Å². The molecule has 0 spiro atoms. The number of ether oxygens (including phenoxy) is 1. The van der Waals surface area contributed by atoms with Crippen molar-refractivity contribution in [3.63, 3.8) is 0 Å². The fraction of sp³-hybridized carbons (Fsp3) is 0.750. The Hall–Kier alpha value is -0.910. The van der Waals surface area contributed by atoms with Gasteiger partial charge in [0.1, 0.15) is 0 Å². The van der Waals surface area contributed by atoms with Crippen LogP contribution in [0.2, 0.25) is 0 Å². The average molecular weight is 240 g/mol. The van der Waals surface area contributed by atoms with Gasteiger partial charge in [0.15, 0.2) is 0 Å². The highest BCUT2D eigenvalue weighted by Crippen LogP contribution is 2.25. The van der Waals surface area contributed by atoms with E-state index in [-0.39, 0.29) is 11.6 Å². The molecule has 0 aliphatic carbocycles. The number of aryl methyl sites for hydroxylation is 1. The molecule has 0 saturated heterocycles. The van der Waals surface area contributed by atoms with Crippen molar-refractivity contribution in [3.05, 3.63) is 18.0 Å². The van der Waals surface area contributed by atoms with Crippen molar-refractivity contribution in [2.24, 2.45) is 5.84 Å². The smallest absolute Gasteiger partial charge is 0.0641 e. The number of rotatable bonds is 7. The van der Waals surface area contributed by atoms with Gasteiger partial charge in [-0.1, -0.05) is 6.92 Å². The minimum atomic E-state index is -0.204. The number of nitrogens with zero attached hydrogens (tertiary/aromatic N) is 2. The van der Waals surface area contributed by atoms with Crippen molar-refractivity contribution in [1.29, 1.82) is 0 Å². The first kappa shape index (κ1) is 14.2. The quantitative estimate of drug-likeness (QED) is 0.561. The van der Waals surface area contributed by atoms with Crippen molar-refractivity contribution in [2.45, 2.75) is 51.8 Å². The standard InChI is InChI=1S/C12H24N4O/c1-5-6-16-9-10(8-14-16)11(15-13)7-12(2,3)17-4/h8-9,11,15H,5-7,13H2,1-4H3. The number of nitrogens with two attached hydrogens (primary N) is 1. The molecule has 0 radical (unpaired) electrons. The Kier molecular flexibility index (Phi) is 5.11. The summed E-state index contributed by atoms with van der Waals surface area (Å²) in [5.74, 6) is 5.61. The highest BCUT2D eigenvalue weighted by atomic mass is 16.5. The van der Waals surface area contributed by atoms with Crippen molar-refractivity contribution < 1.29 is 4.74 Å². The third kappa shape index (κ3) is 4.11. The van der Waals surface area contributed by atoms with E-state index in [1.54, 1.807) is 7.11 Å². The van der Waals surface area contributed by atoms with E-state index in [0.717, 1.165) is 24.9 Å². The Morgan fingerprint density at radius 3 is 2.82 bits per heavy atom. The molecule has 0 amide bonds. The maximum Gasteiger partial charge on any atom is 0.0641 e. The van der Waals surface area contributed by atoms with Gasteiger partial charge >= 0.3 is 0 Å². The van der Waals surface area contributed by atoms with E-state index in [9.17, 15) is 0 Å². The van der Waals surface area contributed by atoms with Gasteiger partial charge in [0, 0.05) is 25.4 Å². The fourth-order valence-electron chi connectivity index (χ4n) is 1.76. The van der Waals surface area contributed by atoms with E-state index in [4.69, 9.17) is 10.6 Å². The minimum absolute atomic E-state index is 0.0653. The summed E-state index contributed by atoms with van der Waals surface area (Å²) in [4.78, 5) is 0. The monoisotopic (exact) mass is 240 g/mol. The Morgan fingerprint density at radius 2 is 2.29 bits per heavy atom. The molecule has 0 saturated carbocycles. The maximum atomic E-state index is 5.61. The largest absolute Gasteiger partial charge is 0.379 e. The molecule has 98 valence electrons. The topological polar surface area (TPSA) is 65.1 Å². The molecule has 3 N–H and O–H groups in total. The third-order valence-electron chi connectivity index (χ3n) is 2.96. The summed E-state index contributed by atoms with van der Waals surface area (Å²) < 4.78 is 7.37. The van der Waals surface area contributed by atoms with Crippen LogP contribution in [0.15, 0.2) is 12.4 Å². The van der Waals surface area contributed by atoms with Crippen LogP contribution in [0.5, 0.6) is 0 Å². The lowest BCUT2D eigenvalue weighted by atomic mass is 9.96. The van der Waals surface area contributed by atoms with Gasteiger partial charge in [-0.25, -0.2) is 0 Å². The normalized spacial score (nSPS) is 13.9. The van der Waals surface area contributed by atoms with Gasteiger partial charge in [0.05, 0.1) is 17.8 Å². The van der Waals surface area contributed by atoms with Crippen LogP contribution in [0.25, 0.3) is 0 Å². The van der Waals surface area contributed by atoms with Crippen molar-refractivity contribution in [3.8, 4) is 0 Å². The van der Waals surface area contributed by atoms with Crippen molar-refractivity contribution in [1.82, 2.24) is 15.2 Å². The van der Waals surface area contributed by atoms with Gasteiger partial charge in [-0.05, 0) is 26.7 Å². The molecular weight excluding hydrogens is 216 g/mol. The predicted molar refractivity (Wildman–Crippen MR) is 68.3 cm³/mol. The van der Waals surface area contributed by atoms with Crippen LogP contribution in [0.1, 0.15) is 45.2 Å². The molecule has 0 aromatic carbocycles. The Morgan fingerprint density at radius 1 is 1.59 bits per heavy atom. The van der Waals surface area contributed by atoms with E-state index in [2.05, 4.69) is 17.4 Å². The molecule has 5 nitrogen and oxygen atoms in total.